The van der Waals surface area contributed by atoms with Gasteiger partial charge in [0.25, 0.3) is 0 Å². The van der Waals surface area contributed by atoms with Crippen molar-refractivity contribution in [1.82, 2.24) is 0 Å². The first-order valence-electron chi connectivity index (χ1n) is 5.09. The predicted octanol–water partition coefficient (Wildman–Crippen LogP) is 3.61. The number of carbonyl (C=O) groups is 1. The molecule has 2 aromatic rings. The second-order valence-electron chi connectivity index (χ2n) is 3.68. The summed E-state index contributed by atoms with van der Waals surface area (Å²) in [4.78, 5) is 10.7. The second-order valence-corrected chi connectivity index (χ2v) is 3.68. The zero-order chi connectivity index (χ0) is 14.2. The molecule has 0 aliphatic heterocycles. The maximum absolute atomic E-state index is 13.9. The van der Waals surface area contributed by atoms with Crippen molar-refractivity contribution in [3.8, 4) is 11.1 Å². The van der Waals surface area contributed by atoms with Gasteiger partial charge in [-0.1, -0.05) is 30.3 Å². The molecule has 2 nitrogen and oxygen atoms in total. The summed E-state index contributed by atoms with van der Waals surface area (Å²) < 4.78 is 54.0. The number of hydrogen-bond donors (Lipinski definition) is 1. The molecule has 0 unspecified atom stereocenters. The number of hydrogen-bond acceptors (Lipinski definition) is 1. The van der Waals surface area contributed by atoms with Gasteiger partial charge in [-0.15, -0.1) is 0 Å². The second kappa shape index (κ2) is 4.72. The maximum Gasteiger partial charge on any atom is 0.341 e. The highest BCUT2D eigenvalue weighted by Crippen LogP contribution is 2.32. The number of aromatic carboxylic acids is 1. The van der Waals surface area contributed by atoms with Gasteiger partial charge in [0, 0.05) is 0 Å². The molecule has 6 heteroatoms. The summed E-state index contributed by atoms with van der Waals surface area (Å²) in [6.45, 7) is 0. The topological polar surface area (TPSA) is 37.3 Å². The lowest BCUT2D eigenvalue weighted by atomic mass is 10.0. The molecule has 0 atom stereocenters. The van der Waals surface area contributed by atoms with E-state index in [1.54, 1.807) is 6.07 Å². The van der Waals surface area contributed by atoms with Crippen molar-refractivity contribution in [3.05, 3.63) is 59.2 Å². The Bertz CT molecular complexity index is 654. The highest BCUT2D eigenvalue weighted by Gasteiger charge is 2.29. The van der Waals surface area contributed by atoms with E-state index in [9.17, 15) is 22.4 Å². The van der Waals surface area contributed by atoms with Gasteiger partial charge in [0.15, 0.2) is 23.3 Å². The summed E-state index contributed by atoms with van der Waals surface area (Å²) in [5, 5.41) is 8.66. The van der Waals surface area contributed by atoms with Crippen LogP contribution in [-0.4, -0.2) is 11.1 Å². The summed E-state index contributed by atoms with van der Waals surface area (Å²) in [7, 11) is 0. The average Bonchev–Trinajstić information content (AvgIpc) is 2.37. The number of benzene rings is 2. The van der Waals surface area contributed by atoms with E-state index in [2.05, 4.69) is 0 Å². The first kappa shape index (κ1) is 13.1. The summed E-state index contributed by atoms with van der Waals surface area (Å²) >= 11 is 0. The van der Waals surface area contributed by atoms with Gasteiger partial charge in [0.05, 0.1) is 5.56 Å². The third kappa shape index (κ3) is 2.05. The van der Waals surface area contributed by atoms with Crippen LogP contribution < -0.4 is 0 Å². The molecule has 2 aromatic carbocycles. The lowest BCUT2D eigenvalue weighted by Crippen LogP contribution is -2.11. The third-order valence-corrected chi connectivity index (χ3v) is 2.54. The fraction of sp³-hybridized carbons (Fsp3) is 0. The molecule has 1 N–H and O–H groups in total. The predicted molar refractivity (Wildman–Crippen MR) is 58.7 cm³/mol. The molecular formula is C13H6F4O2. The normalized spacial score (nSPS) is 10.5. The fourth-order valence-electron chi connectivity index (χ4n) is 1.68. The summed E-state index contributed by atoms with van der Waals surface area (Å²) in [6.07, 6.45) is 0. The highest BCUT2D eigenvalue weighted by molar-refractivity contribution is 5.90. The van der Waals surface area contributed by atoms with Crippen molar-refractivity contribution in [2.45, 2.75) is 0 Å². The standard InChI is InChI=1S/C13H6F4O2/c14-9-7(6-4-2-1-3-5-6)10(15)12(17)11(16)8(9)13(18)19/h1-5H,(H,18,19). The van der Waals surface area contributed by atoms with Crippen molar-refractivity contribution in [3.63, 3.8) is 0 Å². The Morgan fingerprint density at radius 3 is 1.95 bits per heavy atom. The molecule has 0 aliphatic carbocycles. The molecular weight excluding hydrogens is 264 g/mol. The number of halogens is 4. The Kier molecular flexibility index (Phi) is 3.25. The maximum atomic E-state index is 13.9. The monoisotopic (exact) mass is 270 g/mol. The minimum Gasteiger partial charge on any atom is -0.477 e. The van der Waals surface area contributed by atoms with Crippen LogP contribution in [0.25, 0.3) is 11.1 Å². The molecule has 0 saturated heterocycles. The van der Waals surface area contributed by atoms with Gasteiger partial charge in [-0.3, -0.25) is 0 Å². The molecule has 0 radical (unpaired) electrons. The van der Waals surface area contributed by atoms with E-state index in [0.29, 0.717) is 0 Å². The van der Waals surface area contributed by atoms with E-state index in [1.165, 1.54) is 24.3 Å². The molecule has 0 aromatic heterocycles. The lowest BCUT2D eigenvalue weighted by molar-refractivity contribution is 0.0685. The van der Waals surface area contributed by atoms with Gasteiger partial charge in [0.2, 0.25) is 0 Å². The molecule has 0 fully saturated rings. The fourth-order valence-corrected chi connectivity index (χ4v) is 1.68. The van der Waals surface area contributed by atoms with E-state index in [0.717, 1.165) is 0 Å². The highest BCUT2D eigenvalue weighted by atomic mass is 19.2. The summed E-state index contributed by atoms with van der Waals surface area (Å²) in [6, 6.07) is 6.91. The Balaban J connectivity index is 2.86. The van der Waals surface area contributed by atoms with Crippen molar-refractivity contribution < 1.29 is 27.5 Å². The van der Waals surface area contributed by atoms with Crippen LogP contribution in [0.4, 0.5) is 17.6 Å². The van der Waals surface area contributed by atoms with Crippen molar-refractivity contribution in [2.75, 3.05) is 0 Å². The number of carboxylic acids is 1. The van der Waals surface area contributed by atoms with Gasteiger partial charge in [-0.2, -0.15) is 0 Å². The van der Waals surface area contributed by atoms with E-state index in [1.807, 2.05) is 0 Å². The first-order chi connectivity index (χ1) is 8.95. The first-order valence-corrected chi connectivity index (χ1v) is 5.09. The van der Waals surface area contributed by atoms with Crippen LogP contribution in [0.1, 0.15) is 10.4 Å². The molecule has 19 heavy (non-hydrogen) atoms. The Morgan fingerprint density at radius 1 is 0.842 bits per heavy atom. The van der Waals surface area contributed by atoms with Crippen LogP contribution in [-0.2, 0) is 0 Å². The molecule has 98 valence electrons. The van der Waals surface area contributed by atoms with Crippen LogP contribution in [0.5, 0.6) is 0 Å². The zero-order valence-corrected chi connectivity index (χ0v) is 9.25. The van der Waals surface area contributed by atoms with E-state index in [4.69, 9.17) is 5.11 Å². The molecule has 0 bridgehead atoms. The molecule has 0 aliphatic rings. The SMILES string of the molecule is O=C(O)c1c(F)c(F)c(F)c(-c2ccccc2)c1F. The van der Waals surface area contributed by atoms with Gasteiger partial charge >= 0.3 is 5.97 Å². The summed E-state index contributed by atoms with van der Waals surface area (Å²) in [5.41, 5.74) is -2.51. The minimum absolute atomic E-state index is 0.0844. The molecule has 0 amide bonds. The lowest BCUT2D eigenvalue weighted by Gasteiger charge is -2.10. The van der Waals surface area contributed by atoms with Crippen LogP contribution in [0.3, 0.4) is 0 Å². The molecule has 2 rings (SSSR count). The van der Waals surface area contributed by atoms with Gasteiger partial charge in [-0.25, -0.2) is 22.4 Å². The zero-order valence-electron chi connectivity index (χ0n) is 9.25. The smallest absolute Gasteiger partial charge is 0.341 e. The van der Waals surface area contributed by atoms with Gasteiger partial charge in [0.1, 0.15) is 5.56 Å². The van der Waals surface area contributed by atoms with Crippen LogP contribution in [0.15, 0.2) is 30.3 Å². The van der Waals surface area contributed by atoms with E-state index >= 15 is 0 Å². The van der Waals surface area contributed by atoms with Crippen molar-refractivity contribution >= 4 is 5.97 Å². The largest absolute Gasteiger partial charge is 0.477 e. The third-order valence-electron chi connectivity index (χ3n) is 2.54. The van der Waals surface area contributed by atoms with Crippen molar-refractivity contribution in [1.29, 1.82) is 0 Å². The molecule has 0 heterocycles. The van der Waals surface area contributed by atoms with Gasteiger partial charge in [-0.05, 0) is 5.56 Å². The number of rotatable bonds is 2. The summed E-state index contributed by atoms with van der Waals surface area (Å²) in [5.74, 6) is -9.48. The molecule has 0 saturated carbocycles. The van der Waals surface area contributed by atoms with Crippen LogP contribution >= 0.6 is 0 Å². The van der Waals surface area contributed by atoms with Gasteiger partial charge < -0.3 is 5.11 Å². The Morgan fingerprint density at radius 2 is 1.42 bits per heavy atom. The molecule has 0 spiro atoms. The Labute approximate surface area is 104 Å². The van der Waals surface area contributed by atoms with E-state index < -0.39 is 40.4 Å². The van der Waals surface area contributed by atoms with Crippen LogP contribution in [0, 0.1) is 23.3 Å². The van der Waals surface area contributed by atoms with Crippen LogP contribution in [0.2, 0.25) is 0 Å². The Hall–Kier alpha value is -2.37. The average molecular weight is 270 g/mol. The quantitative estimate of drug-likeness (QED) is 0.514. The van der Waals surface area contributed by atoms with Crippen molar-refractivity contribution in [2.24, 2.45) is 0 Å². The minimum atomic E-state index is -2.05. The van der Waals surface area contributed by atoms with E-state index in [-0.39, 0.29) is 5.56 Å². The number of carboxylic acid groups (broad SMARTS) is 1.